The van der Waals surface area contributed by atoms with E-state index in [1.807, 2.05) is 13.0 Å². The minimum atomic E-state index is -0.656. The molecule has 0 aliphatic heterocycles. The molecule has 0 radical (unpaired) electrons. The molecule has 1 unspecified atom stereocenters. The first-order valence-corrected chi connectivity index (χ1v) is 4.13. The highest BCUT2D eigenvalue weighted by molar-refractivity contribution is 5.23. The summed E-state index contributed by atoms with van der Waals surface area (Å²) in [7, 11) is 0. The highest BCUT2D eigenvalue weighted by Crippen LogP contribution is 2.52. The Hall–Kier alpha value is -0.300. The molecule has 1 N–H and O–H groups in total. The molecule has 1 aliphatic carbocycles. The van der Waals surface area contributed by atoms with Gasteiger partial charge in [0.05, 0.1) is 5.60 Å². The van der Waals surface area contributed by atoms with E-state index in [1.165, 1.54) is 0 Å². The van der Waals surface area contributed by atoms with Gasteiger partial charge in [0, 0.05) is 5.41 Å². The second-order valence-corrected chi connectivity index (χ2v) is 4.83. The van der Waals surface area contributed by atoms with Crippen LogP contribution in [0.2, 0.25) is 0 Å². The fraction of sp³-hybridized carbons (Fsp3) is 0.800. The third-order valence-electron chi connectivity index (χ3n) is 3.70. The molecule has 0 saturated heterocycles. The zero-order chi connectivity index (χ0) is 8.91. The Bertz CT molecular complexity index is 177. The van der Waals surface area contributed by atoms with Crippen molar-refractivity contribution < 1.29 is 5.11 Å². The molecule has 0 fully saturated rings. The highest BCUT2D eigenvalue weighted by Gasteiger charge is 2.51. The van der Waals surface area contributed by atoms with Crippen LogP contribution in [-0.2, 0) is 0 Å². The van der Waals surface area contributed by atoms with Gasteiger partial charge in [-0.3, -0.25) is 0 Å². The van der Waals surface area contributed by atoms with Crippen LogP contribution in [0.4, 0.5) is 0 Å². The van der Waals surface area contributed by atoms with Crippen molar-refractivity contribution in [1.29, 1.82) is 0 Å². The Morgan fingerprint density at radius 3 is 1.45 bits per heavy atom. The summed E-state index contributed by atoms with van der Waals surface area (Å²) in [5.74, 6) is 0. The first-order chi connectivity index (χ1) is 4.71. The molecule has 1 aliphatic rings. The molecule has 64 valence electrons. The Kier molecular flexibility index (Phi) is 1.51. The summed E-state index contributed by atoms with van der Waals surface area (Å²) in [6, 6.07) is 0. The summed E-state index contributed by atoms with van der Waals surface area (Å²) in [5, 5.41) is 9.97. The molecule has 0 saturated carbocycles. The lowest BCUT2D eigenvalue weighted by Gasteiger charge is -2.42. The van der Waals surface area contributed by atoms with Gasteiger partial charge in [-0.1, -0.05) is 39.8 Å². The van der Waals surface area contributed by atoms with E-state index >= 15 is 0 Å². The van der Waals surface area contributed by atoms with E-state index in [-0.39, 0.29) is 10.8 Å². The van der Waals surface area contributed by atoms with E-state index in [0.29, 0.717) is 0 Å². The summed E-state index contributed by atoms with van der Waals surface area (Å²) in [4.78, 5) is 0. The molecule has 0 bridgehead atoms. The van der Waals surface area contributed by atoms with Gasteiger partial charge in [-0.2, -0.15) is 0 Å². The van der Waals surface area contributed by atoms with Crippen molar-refractivity contribution in [3.05, 3.63) is 12.2 Å². The fourth-order valence-corrected chi connectivity index (χ4v) is 1.44. The van der Waals surface area contributed by atoms with E-state index < -0.39 is 5.60 Å². The fourth-order valence-electron chi connectivity index (χ4n) is 1.44. The monoisotopic (exact) mass is 154 g/mol. The van der Waals surface area contributed by atoms with Crippen LogP contribution in [-0.4, -0.2) is 10.7 Å². The minimum absolute atomic E-state index is 0.0694. The van der Waals surface area contributed by atoms with E-state index in [9.17, 15) is 5.11 Å². The van der Waals surface area contributed by atoms with Gasteiger partial charge in [0.15, 0.2) is 0 Å². The van der Waals surface area contributed by atoms with Crippen LogP contribution in [0.1, 0.15) is 34.6 Å². The van der Waals surface area contributed by atoms with Crippen molar-refractivity contribution in [2.45, 2.75) is 40.2 Å². The number of aliphatic hydroxyl groups is 1. The lowest BCUT2D eigenvalue weighted by atomic mass is 9.64. The average Bonchev–Trinajstić information content (AvgIpc) is 1.93. The Morgan fingerprint density at radius 1 is 0.909 bits per heavy atom. The molecule has 11 heavy (non-hydrogen) atoms. The first kappa shape index (κ1) is 8.79. The van der Waals surface area contributed by atoms with Crippen molar-refractivity contribution in [3.8, 4) is 0 Å². The molecule has 0 amide bonds. The molecular weight excluding hydrogens is 136 g/mol. The van der Waals surface area contributed by atoms with Gasteiger partial charge in [-0.25, -0.2) is 0 Å². The molecule has 0 aromatic heterocycles. The normalized spacial score (nSPS) is 39.5. The number of hydrogen-bond donors (Lipinski definition) is 1. The molecule has 0 aromatic carbocycles. The van der Waals surface area contributed by atoms with Gasteiger partial charge in [0.25, 0.3) is 0 Å². The largest absolute Gasteiger partial charge is 0.385 e. The predicted octanol–water partition coefficient (Wildman–Crippen LogP) is 2.36. The third kappa shape index (κ3) is 0.943. The maximum absolute atomic E-state index is 9.97. The molecule has 1 rings (SSSR count). The van der Waals surface area contributed by atoms with Gasteiger partial charge >= 0.3 is 0 Å². The second-order valence-electron chi connectivity index (χ2n) is 4.83. The maximum Gasteiger partial charge on any atom is 0.0858 e. The summed E-state index contributed by atoms with van der Waals surface area (Å²) in [6.45, 7) is 10.4. The zero-order valence-electron chi connectivity index (χ0n) is 8.10. The SMILES string of the molecule is CC1(C)C=CC(C)(O)C1(C)C. The summed E-state index contributed by atoms with van der Waals surface area (Å²) >= 11 is 0. The predicted molar refractivity (Wildman–Crippen MR) is 47.3 cm³/mol. The van der Waals surface area contributed by atoms with E-state index in [2.05, 4.69) is 33.8 Å². The minimum Gasteiger partial charge on any atom is -0.385 e. The van der Waals surface area contributed by atoms with Crippen LogP contribution in [0, 0.1) is 10.8 Å². The van der Waals surface area contributed by atoms with Crippen LogP contribution >= 0.6 is 0 Å². The van der Waals surface area contributed by atoms with Crippen LogP contribution < -0.4 is 0 Å². The van der Waals surface area contributed by atoms with Crippen molar-refractivity contribution in [2.75, 3.05) is 0 Å². The molecule has 1 nitrogen and oxygen atoms in total. The molecular formula is C10H18O. The van der Waals surface area contributed by atoms with Crippen LogP contribution in [0.15, 0.2) is 12.2 Å². The van der Waals surface area contributed by atoms with Gasteiger partial charge in [-0.15, -0.1) is 0 Å². The lowest BCUT2D eigenvalue weighted by molar-refractivity contribution is -0.0439. The van der Waals surface area contributed by atoms with Crippen molar-refractivity contribution >= 4 is 0 Å². The standard InChI is InChI=1S/C10H18O/c1-8(2)6-7-10(5,11)9(8,3)4/h6-7,11H,1-5H3. The van der Waals surface area contributed by atoms with Gasteiger partial charge in [0.1, 0.15) is 0 Å². The lowest BCUT2D eigenvalue weighted by Crippen LogP contribution is -2.44. The smallest absolute Gasteiger partial charge is 0.0858 e. The number of allylic oxidation sites excluding steroid dienone is 1. The van der Waals surface area contributed by atoms with Gasteiger partial charge in [0.2, 0.25) is 0 Å². The molecule has 0 spiro atoms. The molecule has 1 atom stereocenters. The highest BCUT2D eigenvalue weighted by atomic mass is 16.3. The van der Waals surface area contributed by atoms with Crippen LogP contribution in [0.5, 0.6) is 0 Å². The molecule has 0 aromatic rings. The second kappa shape index (κ2) is 1.89. The summed E-state index contributed by atoms with van der Waals surface area (Å²) < 4.78 is 0. The molecule has 0 heterocycles. The number of hydrogen-bond acceptors (Lipinski definition) is 1. The van der Waals surface area contributed by atoms with Crippen molar-refractivity contribution in [2.24, 2.45) is 10.8 Å². The Balaban J connectivity index is 3.09. The maximum atomic E-state index is 9.97. The molecule has 1 heteroatoms. The van der Waals surface area contributed by atoms with Crippen molar-refractivity contribution in [3.63, 3.8) is 0 Å². The Morgan fingerprint density at radius 2 is 1.36 bits per heavy atom. The topological polar surface area (TPSA) is 20.2 Å². The van der Waals surface area contributed by atoms with Crippen LogP contribution in [0.3, 0.4) is 0 Å². The summed E-state index contributed by atoms with van der Waals surface area (Å²) in [6.07, 6.45) is 4.01. The van der Waals surface area contributed by atoms with E-state index in [1.54, 1.807) is 0 Å². The summed E-state index contributed by atoms with van der Waals surface area (Å²) in [5.41, 5.74) is -0.632. The van der Waals surface area contributed by atoms with Gasteiger partial charge in [-0.05, 0) is 12.3 Å². The van der Waals surface area contributed by atoms with E-state index in [0.717, 1.165) is 0 Å². The number of rotatable bonds is 0. The average molecular weight is 154 g/mol. The van der Waals surface area contributed by atoms with Gasteiger partial charge < -0.3 is 5.11 Å². The Labute approximate surface area is 69.1 Å². The van der Waals surface area contributed by atoms with Crippen LogP contribution in [0.25, 0.3) is 0 Å². The quantitative estimate of drug-likeness (QED) is 0.531. The van der Waals surface area contributed by atoms with Crippen molar-refractivity contribution in [1.82, 2.24) is 0 Å². The zero-order valence-corrected chi connectivity index (χ0v) is 8.10. The third-order valence-corrected chi connectivity index (χ3v) is 3.70. The van der Waals surface area contributed by atoms with E-state index in [4.69, 9.17) is 0 Å². The first-order valence-electron chi connectivity index (χ1n) is 4.13.